The summed E-state index contributed by atoms with van der Waals surface area (Å²) < 4.78 is 0. The fourth-order valence-corrected chi connectivity index (χ4v) is 3.60. The van der Waals surface area contributed by atoms with Crippen LogP contribution in [0.3, 0.4) is 0 Å². The van der Waals surface area contributed by atoms with Gasteiger partial charge in [0.15, 0.2) is 6.10 Å². The molecule has 0 fully saturated rings. The highest BCUT2D eigenvalue weighted by atomic mass is 35.5. The number of hydrogen-bond donors (Lipinski definition) is 1. The minimum atomic E-state index is -0.359. The maximum Gasteiger partial charge on any atom is 0.318 e. The number of urea groups is 1. The van der Waals surface area contributed by atoms with Crippen molar-refractivity contribution >= 4 is 46.5 Å². The van der Waals surface area contributed by atoms with Gasteiger partial charge in [0, 0.05) is 29.1 Å². The number of nitrogens with zero attached hydrogens (tertiary/aromatic N) is 2. The first-order valence-electron chi connectivity index (χ1n) is 9.60. The molecular formula is C22H24Cl3N3O2. The average molecular weight is 469 g/mol. The SMILES string of the molecule is CC(C)(C)NC(=O)N(Cc1cccc(Cl)c1)C[C@H]1CC(c2ccc(Cl)c(Cl)c2)=NO1. The summed E-state index contributed by atoms with van der Waals surface area (Å²) in [7, 11) is 0. The van der Waals surface area contributed by atoms with Gasteiger partial charge in [-0.1, -0.05) is 58.2 Å². The van der Waals surface area contributed by atoms with Gasteiger partial charge in [-0.2, -0.15) is 0 Å². The lowest BCUT2D eigenvalue weighted by Gasteiger charge is -2.29. The fraction of sp³-hybridized carbons (Fsp3) is 0.364. The molecule has 1 heterocycles. The van der Waals surface area contributed by atoms with Gasteiger partial charge in [-0.05, 0) is 50.6 Å². The van der Waals surface area contributed by atoms with E-state index in [4.69, 9.17) is 39.6 Å². The van der Waals surface area contributed by atoms with Gasteiger partial charge >= 0.3 is 6.03 Å². The van der Waals surface area contributed by atoms with E-state index in [0.717, 1.165) is 16.8 Å². The summed E-state index contributed by atoms with van der Waals surface area (Å²) in [6.07, 6.45) is 0.298. The molecule has 0 spiro atoms. The molecule has 2 aromatic carbocycles. The van der Waals surface area contributed by atoms with E-state index in [0.29, 0.717) is 34.6 Å². The second-order valence-electron chi connectivity index (χ2n) is 8.29. The smallest absolute Gasteiger partial charge is 0.318 e. The predicted molar refractivity (Wildman–Crippen MR) is 123 cm³/mol. The lowest BCUT2D eigenvalue weighted by molar-refractivity contribution is 0.0580. The third kappa shape index (κ3) is 6.27. The summed E-state index contributed by atoms with van der Waals surface area (Å²) in [6, 6.07) is 12.7. The molecule has 0 aliphatic carbocycles. The highest BCUT2D eigenvalue weighted by Crippen LogP contribution is 2.26. The Kier molecular flexibility index (Phi) is 7.17. The van der Waals surface area contributed by atoms with Crippen LogP contribution in [0.1, 0.15) is 38.3 Å². The van der Waals surface area contributed by atoms with Gasteiger partial charge in [0.2, 0.25) is 0 Å². The van der Waals surface area contributed by atoms with E-state index in [2.05, 4.69) is 10.5 Å². The van der Waals surface area contributed by atoms with Gasteiger partial charge in [-0.25, -0.2) is 4.79 Å². The van der Waals surface area contributed by atoms with Crippen molar-refractivity contribution in [3.63, 3.8) is 0 Å². The van der Waals surface area contributed by atoms with Crippen LogP contribution in [-0.2, 0) is 11.4 Å². The van der Waals surface area contributed by atoms with E-state index >= 15 is 0 Å². The molecule has 1 aliphatic rings. The first kappa shape index (κ1) is 22.7. The molecule has 0 unspecified atom stereocenters. The van der Waals surface area contributed by atoms with Crippen LogP contribution in [0.5, 0.6) is 0 Å². The number of halogens is 3. The summed E-state index contributed by atoms with van der Waals surface area (Å²) in [5.41, 5.74) is 2.21. The molecule has 0 saturated carbocycles. The van der Waals surface area contributed by atoms with Crippen molar-refractivity contribution in [3.8, 4) is 0 Å². The molecule has 1 atom stereocenters. The van der Waals surface area contributed by atoms with E-state index in [1.807, 2.05) is 51.1 Å². The Morgan fingerprint density at radius 3 is 2.60 bits per heavy atom. The number of hydrogen-bond acceptors (Lipinski definition) is 3. The number of oxime groups is 1. The molecule has 2 aromatic rings. The lowest BCUT2D eigenvalue weighted by Crippen LogP contribution is -2.50. The highest BCUT2D eigenvalue weighted by Gasteiger charge is 2.28. The van der Waals surface area contributed by atoms with Crippen LogP contribution in [0, 0.1) is 0 Å². The average Bonchev–Trinajstić information content (AvgIpc) is 3.11. The third-order valence-corrected chi connectivity index (χ3v) is 5.42. The second kappa shape index (κ2) is 9.46. The third-order valence-electron chi connectivity index (χ3n) is 4.44. The first-order chi connectivity index (χ1) is 14.1. The van der Waals surface area contributed by atoms with E-state index in [1.54, 1.807) is 17.0 Å². The van der Waals surface area contributed by atoms with Gasteiger partial charge in [-0.3, -0.25) is 0 Å². The van der Waals surface area contributed by atoms with Crippen LogP contribution in [0.4, 0.5) is 4.79 Å². The molecule has 160 valence electrons. The Labute approximate surface area is 191 Å². The molecule has 5 nitrogen and oxygen atoms in total. The van der Waals surface area contributed by atoms with E-state index in [-0.39, 0.29) is 17.7 Å². The summed E-state index contributed by atoms with van der Waals surface area (Å²) in [4.78, 5) is 20.3. The van der Waals surface area contributed by atoms with Crippen LogP contribution < -0.4 is 5.32 Å². The Hall–Kier alpha value is -1.95. The minimum Gasteiger partial charge on any atom is -0.390 e. The van der Waals surface area contributed by atoms with Crippen molar-refractivity contribution in [1.82, 2.24) is 10.2 Å². The zero-order chi connectivity index (χ0) is 21.9. The van der Waals surface area contributed by atoms with Crippen molar-refractivity contribution in [3.05, 3.63) is 68.7 Å². The van der Waals surface area contributed by atoms with E-state index in [1.165, 1.54) is 0 Å². The first-order valence-corrected chi connectivity index (χ1v) is 10.7. The Bertz CT molecular complexity index is 957. The molecular weight excluding hydrogens is 445 g/mol. The number of amides is 2. The maximum atomic E-state index is 12.9. The topological polar surface area (TPSA) is 53.9 Å². The molecule has 1 aliphatic heterocycles. The largest absolute Gasteiger partial charge is 0.390 e. The second-order valence-corrected chi connectivity index (χ2v) is 9.54. The van der Waals surface area contributed by atoms with Crippen LogP contribution in [0.15, 0.2) is 47.6 Å². The van der Waals surface area contributed by atoms with Gasteiger partial charge < -0.3 is 15.1 Å². The highest BCUT2D eigenvalue weighted by molar-refractivity contribution is 6.42. The molecule has 30 heavy (non-hydrogen) atoms. The quantitative estimate of drug-likeness (QED) is 0.572. The monoisotopic (exact) mass is 467 g/mol. The number of carbonyl (C=O) groups is 1. The molecule has 1 N–H and O–H groups in total. The number of nitrogens with one attached hydrogen (secondary N) is 1. The van der Waals surface area contributed by atoms with E-state index < -0.39 is 0 Å². The number of benzene rings is 2. The molecule has 0 saturated heterocycles. The fourth-order valence-electron chi connectivity index (χ4n) is 3.09. The van der Waals surface area contributed by atoms with E-state index in [9.17, 15) is 4.79 Å². The van der Waals surface area contributed by atoms with Crippen LogP contribution in [0.2, 0.25) is 15.1 Å². The van der Waals surface area contributed by atoms with Crippen LogP contribution in [0.25, 0.3) is 0 Å². The van der Waals surface area contributed by atoms with Crippen molar-refractivity contribution in [2.24, 2.45) is 5.16 Å². The molecule has 0 bridgehead atoms. The van der Waals surface area contributed by atoms with Crippen LogP contribution >= 0.6 is 34.8 Å². The summed E-state index contributed by atoms with van der Waals surface area (Å²) in [5, 5.41) is 8.80. The Morgan fingerprint density at radius 2 is 1.93 bits per heavy atom. The molecule has 0 aromatic heterocycles. The standard InChI is InChI=1S/C22H24Cl3N3O2/c1-22(2,3)26-21(29)28(12-14-5-4-6-16(23)9-14)13-17-11-20(27-30-17)15-7-8-18(24)19(25)10-15/h4-10,17H,11-13H2,1-3H3,(H,26,29)/t17-/m1/s1. The Balaban J connectivity index is 1.71. The van der Waals surface area contributed by atoms with Crippen molar-refractivity contribution < 1.29 is 9.63 Å². The number of carbonyl (C=O) groups excluding carboxylic acids is 1. The molecule has 2 amide bonds. The zero-order valence-corrected chi connectivity index (χ0v) is 19.4. The normalized spacial score (nSPS) is 16.1. The van der Waals surface area contributed by atoms with Crippen molar-refractivity contribution in [1.29, 1.82) is 0 Å². The summed E-state index contributed by atoms with van der Waals surface area (Å²) >= 11 is 18.2. The van der Waals surface area contributed by atoms with Gasteiger partial charge in [-0.15, -0.1) is 0 Å². The lowest BCUT2D eigenvalue weighted by atomic mass is 10.0. The van der Waals surface area contributed by atoms with Gasteiger partial charge in [0.1, 0.15) is 0 Å². The molecule has 3 rings (SSSR count). The predicted octanol–water partition coefficient (Wildman–Crippen LogP) is 6.15. The van der Waals surface area contributed by atoms with Crippen LogP contribution in [-0.4, -0.2) is 34.8 Å². The molecule has 8 heteroatoms. The summed E-state index contributed by atoms with van der Waals surface area (Å²) in [6.45, 7) is 6.62. The Morgan fingerprint density at radius 1 is 1.17 bits per heavy atom. The van der Waals surface area contributed by atoms with Gasteiger partial charge in [0.25, 0.3) is 0 Å². The zero-order valence-electron chi connectivity index (χ0n) is 17.1. The molecule has 0 radical (unpaired) electrons. The summed E-state index contributed by atoms with van der Waals surface area (Å²) in [5.74, 6) is 0. The van der Waals surface area contributed by atoms with Crippen molar-refractivity contribution in [2.75, 3.05) is 6.54 Å². The van der Waals surface area contributed by atoms with Gasteiger partial charge in [0.05, 0.1) is 22.3 Å². The van der Waals surface area contributed by atoms with Crippen molar-refractivity contribution in [2.45, 2.75) is 45.4 Å². The maximum absolute atomic E-state index is 12.9. The number of rotatable bonds is 5. The minimum absolute atomic E-state index is 0.172.